The summed E-state index contributed by atoms with van der Waals surface area (Å²) in [5.74, 6) is -0.199. The predicted octanol–water partition coefficient (Wildman–Crippen LogP) is 2.76. The van der Waals surface area contributed by atoms with Gasteiger partial charge in [-0.1, -0.05) is 37.8 Å². The van der Waals surface area contributed by atoms with Gasteiger partial charge in [0.1, 0.15) is 0 Å². The van der Waals surface area contributed by atoms with E-state index in [1.54, 1.807) is 18.2 Å². The van der Waals surface area contributed by atoms with Crippen LogP contribution in [0.3, 0.4) is 0 Å². The van der Waals surface area contributed by atoms with E-state index in [0.717, 1.165) is 17.9 Å². The summed E-state index contributed by atoms with van der Waals surface area (Å²) < 4.78 is 0. The normalized spacial score (nSPS) is 14.9. The third-order valence-corrected chi connectivity index (χ3v) is 3.94. The monoisotopic (exact) mass is 290 g/mol. The number of carboxylic acids is 1. The summed E-state index contributed by atoms with van der Waals surface area (Å²) in [5.41, 5.74) is 1.01. The number of nitrogens with one attached hydrogen (secondary N) is 2. The van der Waals surface area contributed by atoms with Crippen LogP contribution in [0.1, 0.15) is 48.0 Å². The van der Waals surface area contributed by atoms with E-state index < -0.39 is 5.97 Å². The van der Waals surface area contributed by atoms with Crippen LogP contribution in [0.5, 0.6) is 0 Å². The molecule has 1 aromatic rings. The average molecular weight is 290 g/mol. The van der Waals surface area contributed by atoms with Gasteiger partial charge in [-0.15, -0.1) is 0 Å². The summed E-state index contributed by atoms with van der Waals surface area (Å²) >= 11 is 0. The van der Waals surface area contributed by atoms with Crippen molar-refractivity contribution in [2.75, 3.05) is 6.54 Å². The molecule has 0 bridgehead atoms. The van der Waals surface area contributed by atoms with Crippen molar-refractivity contribution < 1.29 is 14.7 Å². The van der Waals surface area contributed by atoms with Gasteiger partial charge in [0.05, 0.1) is 5.56 Å². The second kappa shape index (κ2) is 7.67. The third kappa shape index (κ3) is 5.10. The number of amides is 2. The van der Waals surface area contributed by atoms with E-state index in [0.29, 0.717) is 13.1 Å². The molecular formula is C16H22N2O3. The molecule has 1 aliphatic rings. The second-order valence-corrected chi connectivity index (χ2v) is 5.55. The highest BCUT2D eigenvalue weighted by Gasteiger charge is 2.14. The number of carbonyl (C=O) groups excluding carboxylic acids is 1. The molecule has 1 fully saturated rings. The Morgan fingerprint density at radius 1 is 1.19 bits per heavy atom. The minimum absolute atomic E-state index is 0.200. The van der Waals surface area contributed by atoms with Crippen LogP contribution in [0, 0.1) is 5.92 Å². The van der Waals surface area contributed by atoms with Crippen LogP contribution >= 0.6 is 0 Å². The smallest absolute Gasteiger partial charge is 0.335 e. The highest BCUT2D eigenvalue weighted by molar-refractivity contribution is 5.87. The zero-order chi connectivity index (χ0) is 15.1. The lowest BCUT2D eigenvalue weighted by atomic mass is 10.0. The molecule has 0 spiro atoms. The average Bonchev–Trinajstić information content (AvgIpc) is 2.99. The van der Waals surface area contributed by atoms with E-state index in [9.17, 15) is 9.59 Å². The Hall–Kier alpha value is -2.04. The number of carboxylic acid groups (broad SMARTS) is 1. The number of hydrogen-bond acceptors (Lipinski definition) is 2. The Morgan fingerprint density at radius 2 is 1.95 bits per heavy atom. The van der Waals surface area contributed by atoms with Gasteiger partial charge in [-0.25, -0.2) is 9.59 Å². The van der Waals surface area contributed by atoms with Gasteiger partial charge in [-0.2, -0.15) is 0 Å². The van der Waals surface area contributed by atoms with Crippen molar-refractivity contribution in [1.29, 1.82) is 0 Å². The van der Waals surface area contributed by atoms with Crippen LogP contribution in [-0.2, 0) is 6.54 Å². The Balaban J connectivity index is 1.68. The lowest BCUT2D eigenvalue weighted by Crippen LogP contribution is -2.36. The fraction of sp³-hybridized carbons (Fsp3) is 0.500. The molecule has 0 radical (unpaired) electrons. The number of urea groups is 1. The van der Waals surface area contributed by atoms with Crippen molar-refractivity contribution in [2.24, 2.45) is 5.92 Å². The summed E-state index contributed by atoms with van der Waals surface area (Å²) in [4.78, 5) is 22.5. The summed E-state index contributed by atoms with van der Waals surface area (Å²) in [6.07, 6.45) is 6.24. The fourth-order valence-corrected chi connectivity index (χ4v) is 2.75. The van der Waals surface area contributed by atoms with Crippen molar-refractivity contribution in [2.45, 2.75) is 38.6 Å². The van der Waals surface area contributed by atoms with Gasteiger partial charge in [0.2, 0.25) is 0 Å². The first kappa shape index (κ1) is 15.4. The van der Waals surface area contributed by atoms with Crippen molar-refractivity contribution in [3.8, 4) is 0 Å². The number of carbonyl (C=O) groups is 2. The zero-order valence-electron chi connectivity index (χ0n) is 12.1. The van der Waals surface area contributed by atoms with E-state index >= 15 is 0 Å². The van der Waals surface area contributed by atoms with Crippen LogP contribution in [0.4, 0.5) is 4.79 Å². The van der Waals surface area contributed by atoms with Gasteiger partial charge in [0.15, 0.2) is 0 Å². The molecule has 21 heavy (non-hydrogen) atoms. The summed E-state index contributed by atoms with van der Waals surface area (Å²) in [6.45, 7) is 1.03. The molecule has 0 aromatic heterocycles. The molecule has 5 nitrogen and oxygen atoms in total. The van der Waals surface area contributed by atoms with Crippen molar-refractivity contribution in [3.05, 3.63) is 35.4 Å². The fourth-order valence-electron chi connectivity index (χ4n) is 2.75. The molecule has 5 heteroatoms. The van der Waals surface area contributed by atoms with E-state index in [2.05, 4.69) is 10.6 Å². The molecule has 0 atom stereocenters. The third-order valence-electron chi connectivity index (χ3n) is 3.94. The maximum Gasteiger partial charge on any atom is 0.335 e. The first-order chi connectivity index (χ1) is 10.1. The predicted molar refractivity (Wildman–Crippen MR) is 80.2 cm³/mol. The van der Waals surface area contributed by atoms with Gasteiger partial charge in [-0.3, -0.25) is 0 Å². The Kier molecular flexibility index (Phi) is 5.60. The lowest BCUT2D eigenvalue weighted by molar-refractivity contribution is 0.0696. The van der Waals surface area contributed by atoms with Crippen LogP contribution in [0.25, 0.3) is 0 Å². The van der Waals surface area contributed by atoms with E-state index in [4.69, 9.17) is 5.11 Å². The summed E-state index contributed by atoms with van der Waals surface area (Å²) in [5, 5.41) is 14.5. The van der Waals surface area contributed by atoms with Crippen LogP contribution in [0.2, 0.25) is 0 Å². The Labute approximate surface area is 124 Å². The Morgan fingerprint density at radius 3 is 2.67 bits per heavy atom. The van der Waals surface area contributed by atoms with Crippen molar-refractivity contribution >= 4 is 12.0 Å². The van der Waals surface area contributed by atoms with Crippen LogP contribution in [-0.4, -0.2) is 23.7 Å². The second-order valence-electron chi connectivity index (χ2n) is 5.55. The largest absolute Gasteiger partial charge is 0.478 e. The highest BCUT2D eigenvalue weighted by Crippen LogP contribution is 2.26. The van der Waals surface area contributed by atoms with Crippen LogP contribution in [0.15, 0.2) is 24.3 Å². The molecule has 1 aromatic carbocycles. The Bertz CT molecular complexity index is 496. The quantitative estimate of drug-likeness (QED) is 0.753. The first-order valence-electron chi connectivity index (χ1n) is 7.49. The molecule has 1 saturated carbocycles. The lowest BCUT2D eigenvalue weighted by Gasteiger charge is -2.11. The van der Waals surface area contributed by atoms with E-state index in [1.807, 2.05) is 0 Å². The molecule has 114 valence electrons. The molecule has 0 unspecified atom stereocenters. The van der Waals surface area contributed by atoms with Gasteiger partial charge in [0, 0.05) is 13.1 Å². The number of hydrogen-bond donors (Lipinski definition) is 3. The molecule has 3 N–H and O–H groups in total. The van der Waals surface area contributed by atoms with Crippen molar-refractivity contribution in [1.82, 2.24) is 10.6 Å². The number of rotatable bonds is 6. The topological polar surface area (TPSA) is 78.4 Å². The molecule has 0 aliphatic heterocycles. The molecule has 2 rings (SSSR count). The summed E-state index contributed by atoms with van der Waals surface area (Å²) in [7, 11) is 0. The number of aromatic carboxylic acids is 1. The molecule has 0 saturated heterocycles. The number of benzene rings is 1. The van der Waals surface area contributed by atoms with Crippen LogP contribution < -0.4 is 10.6 Å². The molecule has 1 aliphatic carbocycles. The molecule has 0 heterocycles. The van der Waals surface area contributed by atoms with Gasteiger partial charge in [-0.05, 0) is 30.0 Å². The first-order valence-corrected chi connectivity index (χ1v) is 7.49. The van der Waals surface area contributed by atoms with Gasteiger partial charge < -0.3 is 15.7 Å². The van der Waals surface area contributed by atoms with E-state index in [-0.39, 0.29) is 11.6 Å². The highest BCUT2D eigenvalue weighted by atomic mass is 16.4. The zero-order valence-corrected chi connectivity index (χ0v) is 12.1. The maximum absolute atomic E-state index is 11.7. The molecule has 2 amide bonds. The van der Waals surface area contributed by atoms with Crippen molar-refractivity contribution in [3.63, 3.8) is 0 Å². The SMILES string of the molecule is O=C(NCCC1CCCC1)NCc1cccc(C(=O)O)c1. The standard InChI is InChI=1S/C16H22N2O3/c19-15(20)14-7-3-6-13(10-14)11-18-16(21)17-9-8-12-4-1-2-5-12/h3,6-7,10,12H,1-2,4-5,8-9,11H2,(H,19,20)(H2,17,18,21). The van der Waals surface area contributed by atoms with E-state index in [1.165, 1.54) is 31.7 Å². The maximum atomic E-state index is 11.7. The summed E-state index contributed by atoms with van der Waals surface area (Å²) in [6, 6.07) is 6.38. The molecular weight excluding hydrogens is 268 g/mol. The van der Waals surface area contributed by atoms with Gasteiger partial charge >= 0.3 is 12.0 Å². The minimum Gasteiger partial charge on any atom is -0.478 e. The van der Waals surface area contributed by atoms with Gasteiger partial charge in [0.25, 0.3) is 0 Å². The minimum atomic E-state index is -0.960.